The van der Waals surface area contributed by atoms with Crippen LogP contribution in [0.1, 0.15) is 5.56 Å². The Labute approximate surface area is 404 Å². The maximum absolute atomic E-state index is 7.06. The molecular formula is C63H38N2O2S2. The van der Waals surface area contributed by atoms with Gasteiger partial charge in [0, 0.05) is 53.1 Å². The van der Waals surface area contributed by atoms with Gasteiger partial charge >= 0.3 is 0 Å². The Morgan fingerprint density at radius 3 is 1.36 bits per heavy atom. The highest BCUT2D eigenvalue weighted by Gasteiger charge is 2.27. The van der Waals surface area contributed by atoms with E-state index in [1.165, 1.54) is 51.5 Å². The zero-order valence-electron chi connectivity index (χ0n) is 37.2. The summed E-state index contributed by atoms with van der Waals surface area (Å²) in [5, 5.41) is 11.7. The van der Waals surface area contributed by atoms with Crippen LogP contribution in [0.2, 0.25) is 0 Å². The van der Waals surface area contributed by atoms with Gasteiger partial charge in [-0.25, -0.2) is 0 Å². The van der Waals surface area contributed by atoms with Gasteiger partial charge in [0.05, 0.1) is 32.1 Å². The van der Waals surface area contributed by atoms with Gasteiger partial charge in [-0.2, -0.15) is 0 Å². The summed E-state index contributed by atoms with van der Waals surface area (Å²) in [6.45, 7) is 2.17. The molecule has 0 unspecified atom stereocenters. The first-order valence-corrected chi connectivity index (χ1v) is 24.9. The molecule has 0 saturated carbocycles. The van der Waals surface area contributed by atoms with Gasteiger partial charge in [-0.1, -0.05) is 127 Å². The summed E-state index contributed by atoms with van der Waals surface area (Å²) < 4.78 is 18.9. The molecule has 0 fully saturated rings. The Kier molecular flexibility index (Phi) is 8.29. The number of thiophene rings is 2. The van der Waals surface area contributed by atoms with Gasteiger partial charge in [0.2, 0.25) is 0 Å². The molecule has 0 radical (unpaired) electrons. The van der Waals surface area contributed by atoms with E-state index in [4.69, 9.17) is 8.83 Å². The number of rotatable bonds is 7. The number of hydrogen-bond donors (Lipinski definition) is 0. The minimum Gasteiger partial charge on any atom is -0.452 e. The fourth-order valence-corrected chi connectivity index (χ4v) is 13.3. The molecule has 0 bridgehead atoms. The van der Waals surface area contributed by atoms with E-state index in [0.717, 1.165) is 94.3 Å². The van der Waals surface area contributed by atoms with Crippen LogP contribution >= 0.6 is 22.7 Å². The van der Waals surface area contributed by atoms with E-state index in [-0.39, 0.29) is 0 Å². The van der Waals surface area contributed by atoms with Crippen LogP contribution in [0.4, 0.5) is 34.1 Å². The van der Waals surface area contributed by atoms with Crippen molar-refractivity contribution in [3.05, 3.63) is 218 Å². The van der Waals surface area contributed by atoms with Crippen LogP contribution in [-0.4, -0.2) is 0 Å². The zero-order chi connectivity index (χ0) is 45.3. The van der Waals surface area contributed by atoms with E-state index in [9.17, 15) is 0 Å². The van der Waals surface area contributed by atoms with Crippen molar-refractivity contribution in [2.24, 2.45) is 0 Å². The molecule has 4 nitrogen and oxygen atoms in total. The zero-order valence-corrected chi connectivity index (χ0v) is 38.9. The van der Waals surface area contributed by atoms with Crippen molar-refractivity contribution >= 4 is 152 Å². The monoisotopic (exact) mass is 918 g/mol. The number of aryl methyl sites for hydroxylation is 1. The van der Waals surface area contributed by atoms with Crippen LogP contribution in [-0.2, 0) is 0 Å². The van der Waals surface area contributed by atoms with Gasteiger partial charge < -0.3 is 18.6 Å². The number of nitrogens with zero attached hydrogens (tertiary/aromatic N) is 2. The Balaban J connectivity index is 0.987. The molecule has 4 heterocycles. The Hall–Kier alpha value is -8.42. The van der Waals surface area contributed by atoms with E-state index in [0.29, 0.717) is 0 Å². The minimum absolute atomic E-state index is 0.872. The second-order valence-corrected chi connectivity index (χ2v) is 20.1. The van der Waals surface area contributed by atoms with Crippen molar-refractivity contribution in [3.8, 4) is 11.1 Å². The molecule has 6 heteroatoms. The summed E-state index contributed by atoms with van der Waals surface area (Å²) in [6.07, 6.45) is 0. The van der Waals surface area contributed by atoms with Crippen LogP contribution in [0.5, 0.6) is 0 Å². The lowest BCUT2D eigenvalue weighted by Crippen LogP contribution is -2.12. The van der Waals surface area contributed by atoms with Crippen molar-refractivity contribution in [1.29, 1.82) is 0 Å². The van der Waals surface area contributed by atoms with E-state index < -0.39 is 0 Å². The topological polar surface area (TPSA) is 32.8 Å². The molecule has 0 spiro atoms. The molecule has 0 saturated heterocycles. The average molecular weight is 919 g/mol. The Bertz CT molecular complexity index is 4540. The maximum atomic E-state index is 7.06. The lowest BCUT2D eigenvalue weighted by molar-refractivity contribution is 0.673. The highest BCUT2D eigenvalue weighted by atomic mass is 32.1. The van der Waals surface area contributed by atoms with Crippen LogP contribution in [0.15, 0.2) is 221 Å². The molecule has 15 aromatic rings. The van der Waals surface area contributed by atoms with Crippen LogP contribution in [0.25, 0.3) is 106 Å². The highest BCUT2D eigenvalue weighted by Crippen LogP contribution is 2.52. The number of anilines is 6. The third-order valence-electron chi connectivity index (χ3n) is 14.0. The molecule has 4 aromatic heterocycles. The molecule has 324 valence electrons. The van der Waals surface area contributed by atoms with Gasteiger partial charge in [-0.05, 0) is 130 Å². The second-order valence-electron chi connectivity index (χ2n) is 18.0. The van der Waals surface area contributed by atoms with Gasteiger partial charge in [-0.15, -0.1) is 22.7 Å². The minimum atomic E-state index is 0.872. The maximum Gasteiger partial charge on any atom is 0.160 e. The molecule has 0 N–H and O–H groups in total. The Morgan fingerprint density at radius 2 is 0.797 bits per heavy atom. The van der Waals surface area contributed by atoms with E-state index in [1.807, 2.05) is 0 Å². The largest absolute Gasteiger partial charge is 0.452 e. The predicted octanol–water partition coefficient (Wildman–Crippen LogP) is 19.7. The fraction of sp³-hybridized carbons (Fsp3) is 0.0159. The molecule has 0 aliphatic heterocycles. The third-order valence-corrected chi connectivity index (χ3v) is 16.4. The molecular weight excluding hydrogens is 881 g/mol. The summed E-state index contributed by atoms with van der Waals surface area (Å²) in [4.78, 5) is 4.83. The summed E-state index contributed by atoms with van der Waals surface area (Å²) in [7, 11) is 0. The van der Waals surface area contributed by atoms with Crippen molar-refractivity contribution < 1.29 is 8.83 Å². The number of benzene rings is 11. The average Bonchev–Trinajstić information content (AvgIpc) is 4.16. The second kappa shape index (κ2) is 14.8. The van der Waals surface area contributed by atoms with Gasteiger partial charge in [-0.3, -0.25) is 0 Å². The summed E-state index contributed by atoms with van der Waals surface area (Å²) in [5.41, 5.74) is 13.4. The molecule has 69 heavy (non-hydrogen) atoms. The number of para-hydroxylation sites is 2. The normalized spacial score (nSPS) is 12.1. The molecule has 11 aromatic carbocycles. The van der Waals surface area contributed by atoms with Crippen LogP contribution in [0, 0.1) is 6.92 Å². The molecule has 0 amide bonds. The van der Waals surface area contributed by atoms with Crippen LogP contribution in [0.3, 0.4) is 0 Å². The van der Waals surface area contributed by atoms with Crippen molar-refractivity contribution in [2.45, 2.75) is 6.92 Å². The first kappa shape index (κ1) is 38.7. The molecule has 0 aliphatic rings. The van der Waals surface area contributed by atoms with Crippen molar-refractivity contribution in [1.82, 2.24) is 0 Å². The van der Waals surface area contributed by atoms with Crippen molar-refractivity contribution in [3.63, 3.8) is 0 Å². The SMILES string of the molecule is Cc1cccc(N(c2ccc3ccc4c(N(c5cccc(-c6ccccc6)c5)c5cccc6c5oc5c7ccccc7sc65)ccc5ccc2c3c54)c2cccc3c2oc2c4ccccc4sc32)c1. The lowest BCUT2D eigenvalue weighted by Gasteiger charge is -2.29. The molecule has 15 rings (SSSR count). The molecule has 0 aliphatic carbocycles. The van der Waals surface area contributed by atoms with Crippen molar-refractivity contribution in [2.75, 3.05) is 9.80 Å². The lowest BCUT2D eigenvalue weighted by atomic mass is 9.91. The summed E-state index contributed by atoms with van der Waals surface area (Å²) >= 11 is 3.60. The Morgan fingerprint density at radius 1 is 0.333 bits per heavy atom. The summed E-state index contributed by atoms with van der Waals surface area (Å²) in [5.74, 6) is 0. The standard InChI is InChI=1S/C63H38N2O2S2/c1-37-13-9-17-42(35-37)64(52-23-11-21-48-58(52)66-60-46-19-5-7-25-54(46)68-62(48)60)50-33-29-39-28-32-45-51(34-30-40-27-31-44(50)56(39)57(40)45)65(43-18-10-16-41(36-43)38-14-3-2-4-15-38)53-24-12-22-49-59(53)67-61-47-20-6-8-26-55(47)69-63(49)61/h2-36H,1H3. The molecule has 0 atom stereocenters. The number of hydrogen-bond acceptors (Lipinski definition) is 6. The van der Waals surface area contributed by atoms with E-state index in [1.54, 1.807) is 22.7 Å². The smallest absolute Gasteiger partial charge is 0.160 e. The predicted molar refractivity (Wildman–Crippen MR) is 295 cm³/mol. The third kappa shape index (κ3) is 5.74. The van der Waals surface area contributed by atoms with E-state index in [2.05, 4.69) is 229 Å². The number of fused-ring (bicyclic) bond motifs is 10. The first-order valence-electron chi connectivity index (χ1n) is 23.3. The highest BCUT2D eigenvalue weighted by molar-refractivity contribution is 7.27. The van der Waals surface area contributed by atoms with Gasteiger partial charge in [0.15, 0.2) is 22.3 Å². The summed E-state index contributed by atoms with van der Waals surface area (Å²) in [6, 6.07) is 77.1. The quantitative estimate of drug-likeness (QED) is 0.149. The van der Waals surface area contributed by atoms with E-state index >= 15 is 0 Å². The van der Waals surface area contributed by atoms with Gasteiger partial charge in [0.1, 0.15) is 0 Å². The fourth-order valence-electron chi connectivity index (χ4n) is 11.0. The number of furan rings is 2. The first-order chi connectivity index (χ1) is 34.1. The van der Waals surface area contributed by atoms with Crippen LogP contribution < -0.4 is 9.80 Å². The van der Waals surface area contributed by atoms with Gasteiger partial charge in [0.25, 0.3) is 0 Å².